The fourth-order valence-electron chi connectivity index (χ4n) is 3.03. The average Bonchev–Trinajstić information content (AvgIpc) is 3.30. The summed E-state index contributed by atoms with van der Waals surface area (Å²) in [5.74, 6) is 0.287. The van der Waals surface area contributed by atoms with E-state index in [0.29, 0.717) is 32.6 Å². The summed E-state index contributed by atoms with van der Waals surface area (Å²) in [6, 6.07) is 15.8. The Morgan fingerprint density at radius 3 is 2.45 bits per heavy atom. The van der Waals surface area contributed by atoms with Gasteiger partial charge in [-0.25, -0.2) is 4.90 Å². The highest BCUT2D eigenvalue weighted by Crippen LogP contribution is 2.42. The van der Waals surface area contributed by atoms with Crippen molar-refractivity contribution in [2.45, 2.75) is 12.7 Å². The lowest BCUT2D eigenvalue weighted by molar-refractivity contribution is -0.119. The predicted octanol–water partition coefficient (Wildman–Crippen LogP) is 6.11. The zero-order valence-electron chi connectivity index (χ0n) is 15.3. The second-order valence-electron chi connectivity index (χ2n) is 6.48. The molecular formula is C22H15Cl2NO3S. The Hall–Kier alpha value is -2.47. The Bertz CT molecular complexity index is 1120. The van der Waals surface area contributed by atoms with Gasteiger partial charge in [-0.15, -0.1) is 11.8 Å². The zero-order valence-corrected chi connectivity index (χ0v) is 17.6. The van der Waals surface area contributed by atoms with Crippen molar-refractivity contribution in [3.8, 4) is 0 Å². The molecule has 2 amide bonds. The molecule has 0 fully saturated rings. The summed E-state index contributed by atoms with van der Waals surface area (Å²) < 4.78 is 5.37. The molecule has 1 aromatic heterocycles. The number of carbonyl (C=O) groups excluding carboxylic acids is 2. The number of thioether (sulfide) groups is 1. The largest absolute Gasteiger partial charge is 0.468 e. The maximum Gasteiger partial charge on any atom is 0.272 e. The van der Waals surface area contributed by atoms with Crippen molar-refractivity contribution in [1.82, 2.24) is 0 Å². The molecule has 0 unspecified atom stereocenters. The normalized spacial score (nSPS) is 14.2. The fourth-order valence-corrected chi connectivity index (χ4v) is 4.42. The van der Waals surface area contributed by atoms with E-state index in [-0.39, 0.29) is 10.7 Å². The minimum absolute atomic E-state index is 0.271. The summed E-state index contributed by atoms with van der Waals surface area (Å²) >= 11 is 13.6. The molecule has 1 aliphatic rings. The van der Waals surface area contributed by atoms with E-state index in [1.54, 1.807) is 24.5 Å². The summed E-state index contributed by atoms with van der Waals surface area (Å²) in [7, 11) is 0. The summed E-state index contributed by atoms with van der Waals surface area (Å²) in [4.78, 5) is 28.1. The van der Waals surface area contributed by atoms with Crippen LogP contribution in [-0.4, -0.2) is 11.8 Å². The van der Waals surface area contributed by atoms with Crippen molar-refractivity contribution in [1.29, 1.82) is 0 Å². The van der Waals surface area contributed by atoms with Crippen molar-refractivity contribution < 1.29 is 14.0 Å². The van der Waals surface area contributed by atoms with Crippen LogP contribution in [0.15, 0.2) is 70.2 Å². The Balaban J connectivity index is 1.78. The summed E-state index contributed by atoms with van der Waals surface area (Å²) in [6.45, 7) is 1.96. The minimum Gasteiger partial charge on any atom is -0.468 e. The van der Waals surface area contributed by atoms with Gasteiger partial charge in [0.15, 0.2) is 0 Å². The highest BCUT2D eigenvalue weighted by molar-refractivity contribution is 8.03. The lowest BCUT2D eigenvalue weighted by Crippen LogP contribution is -2.31. The first-order valence-electron chi connectivity index (χ1n) is 8.76. The van der Waals surface area contributed by atoms with E-state index in [1.807, 2.05) is 37.3 Å². The van der Waals surface area contributed by atoms with Crippen molar-refractivity contribution in [2.24, 2.45) is 0 Å². The summed E-state index contributed by atoms with van der Waals surface area (Å²) in [5.41, 5.74) is 2.36. The standard InChI is InChI=1S/C22H15Cl2NO3S/c1-13-4-6-14(7-5-13)19-20(29-12-16-3-2-10-28-16)22(27)25(21(19)26)18-11-15(23)8-9-17(18)24/h2-11H,12H2,1H3. The van der Waals surface area contributed by atoms with Gasteiger partial charge >= 0.3 is 0 Å². The van der Waals surface area contributed by atoms with Gasteiger partial charge in [0, 0.05) is 5.02 Å². The third-order valence-electron chi connectivity index (χ3n) is 4.47. The van der Waals surface area contributed by atoms with Crippen LogP contribution in [0.5, 0.6) is 0 Å². The second-order valence-corrected chi connectivity index (χ2v) is 8.31. The number of amides is 2. The molecule has 4 rings (SSSR count). The predicted molar refractivity (Wildman–Crippen MR) is 117 cm³/mol. The number of benzene rings is 2. The number of halogens is 2. The van der Waals surface area contributed by atoms with Crippen LogP contribution in [0.4, 0.5) is 5.69 Å². The molecule has 146 valence electrons. The molecule has 0 spiro atoms. The van der Waals surface area contributed by atoms with Gasteiger partial charge in [0.2, 0.25) is 0 Å². The van der Waals surface area contributed by atoms with Gasteiger partial charge in [-0.3, -0.25) is 9.59 Å². The monoisotopic (exact) mass is 443 g/mol. The van der Waals surface area contributed by atoms with Crippen molar-refractivity contribution in [3.63, 3.8) is 0 Å². The van der Waals surface area contributed by atoms with Gasteiger partial charge in [0.05, 0.1) is 33.2 Å². The van der Waals surface area contributed by atoms with Gasteiger partial charge in [-0.2, -0.15) is 0 Å². The van der Waals surface area contributed by atoms with Crippen LogP contribution in [0.25, 0.3) is 5.57 Å². The highest BCUT2D eigenvalue weighted by atomic mass is 35.5. The molecular weight excluding hydrogens is 429 g/mol. The number of rotatable bonds is 5. The topological polar surface area (TPSA) is 50.5 Å². The molecule has 3 aromatic rings. The smallest absolute Gasteiger partial charge is 0.272 e. The summed E-state index contributed by atoms with van der Waals surface area (Å²) in [5, 5.41) is 0.662. The Kier molecular flexibility index (Phi) is 5.54. The van der Waals surface area contributed by atoms with E-state index in [1.165, 1.54) is 17.8 Å². The molecule has 0 atom stereocenters. The van der Waals surface area contributed by atoms with Crippen molar-refractivity contribution in [2.75, 3.05) is 4.90 Å². The lowest BCUT2D eigenvalue weighted by atomic mass is 10.0. The van der Waals surface area contributed by atoms with Gasteiger partial charge < -0.3 is 4.42 Å². The summed E-state index contributed by atoms with van der Waals surface area (Å²) in [6.07, 6.45) is 1.57. The molecule has 7 heteroatoms. The average molecular weight is 444 g/mol. The Labute approximate surface area is 182 Å². The Morgan fingerprint density at radius 1 is 1.00 bits per heavy atom. The second kappa shape index (κ2) is 8.11. The maximum atomic E-state index is 13.3. The zero-order chi connectivity index (χ0) is 20.5. The van der Waals surface area contributed by atoms with Crippen LogP contribution < -0.4 is 4.90 Å². The van der Waals surface area contributed by atoms with Crippen molar-refractivity contribution in [3.05, 3.63) is 92.7 Å². The van der Waals surface area contributed by atoms with Gasteiger partial charge in [-0.1, -0.05) is 53.0 Å². The van der Waals surface area contributed by atoms with E-state index >= 15 is 0 Å². The van der Waals surface area contributed by atoms with Crippen LogP contribution in [0, 0.1) is 6.92 Å². The van der Waals surface area contributed by atoms with Crippen molar-refractivity contribution >= 4 is 58.0 Å². The van der Waals surface area contributed by atoms with Gasteiger partial charge in [0.1, 0.15) is 5.76 Å². The molecule has 0 aliphatic carbocycles. The minimum atomic E-state index is -0.426. The van der Waals surface area contributed by atoms with E-state index in [4.69, 9.17) is 27.6 Å². The molecule has 29 heavy (non-hydrogen) atoms. The number of hydrogen-bond acceptors (Lipinski definition) is 4. The number of aryl methyl sites for hydroxylation is 1. The lowest BCUT2D eigenvalue weighted by Gasteiger charge is -2.17. The molecule has 2 aromatic carbocycles. The van der Waals surface area contributed by atoms with Crippen LogP contribution in [0.3, 0.4) is 0 Å². The molecule has 0 saturated carbocycles. The SMILES string of the molecule is Cc1ccc(C2=C(SCc3ccco3)C(=O)N(c3cc(Cl)ccc3Cl)C2=O)cc1. The maximum absolute atomic E-state index is 13.3. The molecule has 4 nitrogen and oxygen atoms in total. The highest BCUT2D eigenvalue weighted by Gasteiger charge is 2.41. The van der Waals surface area contributed by atoms with E-state index < -0.39 is 11.8 Å². The van der Waals surface area contributed by atoms with Gasteiger partial charge in [-0.05, 0) is 42.8 Å². The van der Waals surface area contributed by atoms with E-state index in [9.17, 15) is 9.59 Å². The number of furan rings is 1. The van der Waals surface area contributed by atoms with Crippen LogP contribution in [-0.2, 0) is 15.3 Å². The number of anilines is 1. The molecule has 0 bridgehead atoms. The molecule has 0 saturated heterocycles. The van der Waals surface area contributed by atoms with E-state index in [2.05, 4.69) is 0 Å². The number of carbonyl (C=O) groups is 2. The molecule has 1 aliphatic heterocycles. The third kappa shape index (κ3) is 3.86. The Morgan fingerprint density at radius 2 is 1.76 bits per heavy atom. The first kappa shape index (κ1) is 19.8. The molecule has 2 heterocycles. The quantitative estimate of drug-likeness (QED) is 0.446. The fraction of sp³-hybridized carbons (Fsp3) is 0.0909. The number of imide groups is 1. The molecule has 0 radical (unpaired) electrons. The van der Waals surface area contributed by atoms with Crippen LogP contribution >= 0.6 is 35.0 Å². The first-order valence-corrected chi connectivity index (χ1v) is 10.5. The van der Waals surface area contributed by atoms with Crippen LogP contribution in [0.2, 0.25) is 10.0 Å². The van der Waals surface area contributed by atoms with Crippen LogP contribution in [0.1, 0.15) is 16.9 Å². The number of hydrogen-bond donors (Lipinski definition) is 0. The first-order chi connectivity index (χ1) is 14.0. The molecule has 0 N–H and O–H groups in total. The third-order valence-corrected chi connectivity index (χ3v) is 6.12. The van der Waals surface area contributed by atoms with E-state index in [0.717, 1.165) is 10.5 Å². The number of nitrogens with zero attached hydrogens (tertiary/aromatic N) is 1. The van der Waals surface area contributed by atoms with Gasteiger partial charge in [0.25, 0.3) is 11.8 Å².